The van der Waals surface area contributed by atoms with Crippen LogP contribution in [0.5, 0.6) is 17.2 Å². The lowest BCUT2D eigenvalue weighted by Gasteiger charge is -2.51. The largest absolute Gasteiger partial charge is 0.470 e. The molecule has 0 saturated carbocycles. The van der Waals surface area contributed by atoms with Gasteiger partial charge in [-0.1, -0.05) is 109 Å². The van der Waals surface area contributed by atoms with Crippen LogP contribution < -0.4 is 14.2 Å². The van der Waals surface area contributed by atoms with Crippen molar-refractivity contribution in [2.75, 3.05) is 0 Å². The Bertz CT molecular complexity index is 1790. The summed E-state index contributed by atoms with van der Waals surface area (Å²) in [7, 11) is 0. The lowest BCUT2D eigenvalue weighted by molar-refractivity contribution is -0.202. The topological polar surface area (TPSA) is 30.9 Å². The highest BCUT2D eigenvalue weighted by Crippen LogP contribution is 2.56. The molecule has 3 atom stereocenters. The molecule has 0 amide bonds. The molecule has 0 N–H and O–H groups in total. The molecular formula is C42H33NO3. The average Bonchev–Trinajstić information content (AvgIpc) is 3.10. The molecule has 0 saturated heterocycles. The predicted molar refractivity (Wildman–Crippen MR) is 179 cm³/mol. The lowest BCUT2D eigenvalue weighted by Crippen LogP contribution is -2.50. The van der Waals surface area contributed by atoms with E-state index in [9.17, 15) is 0 Å². The Kier molecular flexibility index (Phi) is 6.60. The van der Waals surface area contributed by atoms with Gasteiger partial charge in [-0.15, -0.1) is 0 Å². The van der Waals surface area contributed by atoms with Crippen LogP contribution >= 0.6 is 0 Å². The highest BCUT2D eigenvalue weighted by molar-refractivity contribution is 5.51. The Morgan fingerprint density at radius 2 is 0.652 bits per heavy atom. The van der Waals surface area contributed by atoms with Crippen molar-refractivity contribution in [1.82, 2.24) is 4.90 Å². The van der Waals surface area contributed by atoms with Crippen molar-refractivity contribution >= 4 is 0 Å². The number of benzene rings is 6. The van der Waals surface area contributed by atoms with Gasteiger partial charge in [0.1, 0.15) is 17.2 Å². The highest BCUT2D eigenvalue weighted by atomic mass is 16.6. The summed E-state index contributed by atoms with van der Waals surface area (Å²) in [6.07, 6.45) is 1.47. The highest BCUT2D eigenvalue weighted by Gasteiger charge is 2.51. The molecule has 9 rings (SSSR count). The molecular weight excluding hydrogens is 566 g/mol. The molecule has 0 spiro atoms. The zero-order valence-electron chi connectivity index (χ0n) is 25.4. The van der Waals surface area contributed by atoms with E-state index in [4.69, 9.17) is 14.2 Å². The van der Waals surface area contributed by atoms with Crippen LogP contribution in [0.25, 0.3) is 0 Å². The summed E-state index contributed by atoms with van der Waals surface area (Å²) in [4.78, 5) is 2.28. The zero-order chi connectivity index (χ0) is 30.5. The van der Waals surface area contributed by atoms with Crippen LogP contribution in [0.2, 0.25) is 0 Å². The Hall–Kier alpha value is -5.32. The SMILES string of the molecule is c1ccc(Cc2ccc3c(c2)[C@@H]2Oc4ccc(Cc5ccccc5)cc4[C@@H]4Oc5ccc(Cc6ccccc6)cc5[C@H](O3)N24)cc1. The minimum Gasteiger partial charge on any atom is -0.470 e. The summed E-state index contributed by atoms with van der Waals surface area (Å²) >= 11 is 0. The second-order valence-corrected chi connectivity index (χ2v) is 12.5. The Morgan fingerprint density at radius 1 is 0.348 bits per heavy atom. The van der Waals surface area contributed by atoms with Crippen molar-refractivity contribution in [3.63, 3.8) is 0 Å². The Morgan fingerprint density at radius 3 is 0.957 bits per heavy atom. The van der Waals surface area contributed by atoms with E-state index >= 15 is 0 Å². The molecule has 3 aliphatic heterocycles. The van der Waals surface area contributed by atoms with Crippen LogP contribution in [-0.2, 0) is 19.3 Å². The molecule has 0 fully saturated rings. The quantitative estimate of drug-likeness (QED) is 0.191. The second-order valence-electron chi connectivity index (χ2n) is 12.5. The molecule has 6 aromatic rings. The molecule has 46 heavy (non-hydrogen) atoms. The first-order valence-electron chi connectivity index (χ1n) is 16.0. The average molecular weight is 600 g/mol. The van der Waals surface area contributed by atoms with Crippen LogP contribution in [0.1, 0.15) is 68.8 Å². The number of nitrogens with zero attached hydrogens (tertiary/aromatic N) is 1. The third-order valence-corrected chi connectivity index (χ3v) is 9.30. The predicted octanol–water partition coefficient (Wildman–Crippen LogP) is 9.33. The van der Waals surface area contributed by atoms with Crippen LogP contribution in [0.15, 0.2) is 146 Å². The molecule has 4 nitrogen and oxygen atoms in total. The fourth-order valence-corrected chi connectivity index (χ4v) is 7.10. The van der Waals surface area contributed by atoms with Gasteiger partial charge in [-0.05, 0) is 89.0 Å². The van der Waals surface area contributed by atoms with Crippen LogP contribution in [0.3, 0.4) is 0 Å². The molecule has 4 heteroatoms. The van der Waals surface area contributed by atoms with E-state index in [2.05, 4.69) is 150 Å². The maximum absolute atomic E-state index is 6.92. The fourth-order valence-electron chi connectivity index (χ4n) is 7.10. The van der Waals surface area contributed by atoms with Gasteiger partial charge in [-0.3, -0.25) is 0 Å². The zero-order valence-corrected chi connectivity index (χ0v) is 25.4. The van der Waals surface area contributed by atoms with Crippen molar-refractivity contribution in [3.8, 4) is 17.2 Å². The van der Waals surface area contributed by atoms with Crippen molar-refractivity contribution in [2.24, 2.45) is 0 Å². The Labute approximate surface area is 269 Å². The van der Waals surface area contributed by atoms with Gasteiger partial charge in [0.05, 0.1) is 16.7 Å². The minimum absolute atomic E-state index is 0.354. The standard InChI is InChI=1S/C42H33NO3/c1-4-10-28(11-5-1)22-31-16-19-37-34(25-31)40-43-41(44-37)36-27-33(24-30-14-8-3-9-15-30)18-21-39(36)46-42(43)35-26-32(17-20-38(35)45-40)23-29-12-6-2-7-13-29/h1-21,25-27,40-42H,22-24H2/t40-,41-,42-/m0/s1. The minimum atomic E-state index is -0.354. The summed E-state index contributed by atoms with van der Waals surface area (Å²) in [6, 6.07) is 51.4. The van der Waals surface area contributed by atoms with Gasteiger partial charge in [0, 0.05) is 0 Å². The second kappa shape index (κ2) is 11.2. The molecule has 0 radical (unpaired) electrons. The number of ether oxygens (including phenoxy) is 3. The van der Waals surface area contributed by atoms with E-state index in [0.717, 1.165) is 53.2 Å². The van der Waals surface area contributed by atoms with Gasteiger partial charge in [0.15, 0.2) is 18.7 Å². The van der Waals surface area contributed by atoms with Gasteiger partial charge in [0.2, 0.25) is 0 Å². The third kappa shape index (κ3) is 4.92. The van der Waals surface area contributed by atoms with E-state index < -0.39 is 0 Å². The fraction of sp³-hybridized carbons (Fsp3) is 0.143. The number of fused-ring (bicyclic) bond motifs is 6. The first kappa shape index (κ1) is 27.0. The summed E-state index contributed by atoms with van der Waals surface area (Å²) in [5.41, 5.74) is 10.6. The summed E-state index contributed by atoms with van der Waals surface area (Å²) < 4.78 is 20.7. The molecule has 0 aromatic heterocycles. The molecule has 3 aliphatic rings. The van der Waals surface area contributed by atoms with E-state index in [-0.39, 0.29) is 18.7 Å². The van der Waals surface area contributed by atoms with E-state index in [0.29, 0.717) is 0 Å². The van der Waals surface area contributed by atoms with Gasteiger partial charge in [-0.2, -0.15) is 4.90 Å². The van der Waals surface area contributed by atoms with Crippen molar-refractivity contribution < 1.29 is 14.2 Å². The monoisotopic (exact) mass is 599 g/mol. The first-order valence-corrected chi connectivity index (χ1v) is 16.0. The summed E-state index contributed by atoms with van der Waals surface area (Å²) in [5, 5.41) is 0. The van der Waals surface area contributed by atoms with Crippen molar-refractivity contribution in [1.29, 1.82) is 0 Å². The van der Waals surface area contributed by atoms with Crippen LogP contribution in [0.4, 0.5) is 0 Å². The first-order chi connectivity index (χ1) is 22.7. The van der Waals surface area contributed by atoms with Gasteiger partial charge in [-0.25, -0.2) is 0 Å². The number of rotatable bonds is 6. The van der Waals surface area contributed by atoms with E-state index in [1.165, 1.54) is 33.4 Å². The van der Waals surface area contributed by atoms with Gasteiger partial charge < -0.3 is 14.2 Å². The third-order valence-electron chi connectivity index (χ3n) is 9.30. The summed E-state index contributed by atoms with van der Waals surface area (Å²) in [5.74, 6) is 2.56. The molecule has 224 valence electrons. The molecule has 0 bridgehead atoms. The maximum Gasteiger partial charge on any atom is 0.188 e. The van der Waals surface area contributed by atoms with Crippen molar-refractivity contribution in [3.05, 3.63) is 196 Å². The molecule has 6 aromatic carbocycles. The maximum atomic E-state index is 6.92. The molecule has 0 aliphatic carbocycles. The van der Waals surface area contributed by atoms with Gasteiger partial charge >= 0.3 is 0 Å². The van der Waals surface area contributed by atoms with E-state index in [1.807, 2.05) is 0 Å². The molecule has 0 unspecified atom stereocenters. The Balaban J connectivity index is 1.13. The smallest absolute Gasteiger partial charge is 0.188 e. The van der Waals surface area contributed by atoms with Gasteiger partial charge in [0.25, 0.3) is 0 Å². The number of hydrogen-bond donors (Lipinski definition) is 0. The normalized spacial score (nSPS) is 18.9. The lowest BCUT2D eigenvalue weighted by atomic mass is 9.94. The van der Waals surface area contributed by atoms with E-state index in [1.54, 1.807) is 0 Å². The molecule has 3 heterocycles. The summed E-state index contributed by atoms with van der Waals surface area (Å²) in [6.45, 7) is 0. The number of hydrogen-bond acceptors (Lipinski definition) is 4. The van der Waals surface area contributed by atoms with Crippen molar-refractivity contribution in [2.45, 2.75) is 37.9 Å². The van der Waals surface area contributed by atoms with Crippen LogP contribution in [-0.4, -0.2) is 4.90 Å². The van der Waals surface area contributed by atoms with Crippen LogP contribution in [0, 0.1) is 0 Å².